The average Bonchev–Trinajstić information content (AvgIpc) is 2.51. The molecule has 0 heterocycles. The SMILES string of the molecule is COCCN(CC(=O)O)C(=O)C(C)CCCc1ccccc1. The molecule has 122 valence electrons. The molecule has 1 amide bonds. The number of carbonyl (C=O) groups is 2. The zero-order valence-corrected chi connectivity index (χ0v) is 13.3. The van der Waals surface area contributed by atoms with Gasteiger partial charge in [-0.2, -0.15) is 0 Å². The number of rotatable bonds is 10. The van der Waals surface area contributed by atoms with Crippen molar-refractivity contribution in [1.29, 1.82) is 0 Å². The Kier molecular flexibility index (Phi) is 8.22. The van der Waals surface area contributed by atoms with Crippen LogP contribution in [0, 0.1) is 5.92 Å². The lowest BCUT2D eigenvalue weighted by molar-refractivity contribution is -0.146. The number of methoxy groups -OCH3 is 1. The minimum absolute atomic E-state index is 0.118. The summed E-state index contributed by atoms with van der Waals surface area (Å²) >= 11 is 0. The number of carboxylic acids is 1. The van der Waals surface area contributed by atoms with Gasteiger partial charge in [0.25, 0.3) is 0 Å². The van der Waals surface area contributed by atoms with Gasteiger partial charge in [-0.1, -0.05) is 37.3 Å². The van der Waals surface area contributed by atoms with Gasteiger partial charge in [-0.05, 0) is 24.8 Å². The predicted molar refractivity (Wildman–Crippen MR) is 84.6 cm³/mol. The zero-order valence-electron chi connectivity index (χ0n) is 13.3. The van der Waals surface area contributed by atoms with Crippen LogP contribution in [0.1, 0.15) is 25.3 Å². The molecular formula is C17H25NO4. The number of ether oxygens (including phenoxy) is 1. The lowest BCUT2D eigenvalue weighted by atomic mass is 10.00. The Morgan fingerprint density at radius 3 is 2.55 bits per heavy atom. The zero-order chi connectivity index (χ0) is 16.4. The highest BCUT2D eigenvalue weighted by Crippen LogP contribution is 2.13. The number of carboxylic acid groups (broad SMARTS) is 1. The van der Waals surface area contributed by atoms with Gasteiger partial charge >= 0.3 is 5.97 Å². The normalized spacial score (nSPS) is 11.9. The van der Waals surface area contributed by atoms with Gasteiger partial charge in [-0.25, -0.2) is 0 Å². The quantitative estimate of drug-likeness (QED) is 0.719. The number of nitrogens with zero attached hydrogens (tertiary/aromatic N) is 1. The van der Waals surface area contributed by atoms with E-state index in [-0.39, 0.29) is 18.4 Å². The highest BCUT2D eigenvalue weighted by molar-refractivity contribution is 5.82. The molecule has 0 saturated carbocycles. The summed E-state index contributed by atoms with van der Waals surface area (Å²) < 4.78 is 4.94. The molecule has 0 aliphatic heterocycles. The van der Waals surface area contributed by atoms with Gasteiger partial charge in [0.15, 0.2) is 0 Å². The van der Waals surface area contributed by atoms with Crippen LogP contribution in [0.15, 0.2) is 30.3 Å². The second-order valence-electron chi connectivity index (χ2n) is 5.43. The van der Waals surface area contributed by atoms with Crippen molar-refractivity contribution in [3.05, 3.63) is 35.9 Å². The molecule has 1 aromatic carbocycles. The number of benzene rings is 1. The minimum Gasteiger partial charge on any atom is -0.480 e. The molecule has 0 aliphatic carbocycles. The Labute approximate surface area is 131 Å². The number of carbonyl (C=O) groups excluding carboxylic acids is 1. The van der Waals surface area contributed by atoms with Crippen molar-refractivity contribution in [3.8, 4) is 0 Å². The maximum Gasteiger partial charge on any atom is 0.323 e. The van der Waals surface area contributed by atoms with Crippen molar-refractivity contribution in [1.82, 2.24) is 4.90 Å². The molecule has 5 heteroatoms. The summed E-state index contributed by atoms with van der Waals surface area (Å²) in [5, 5.41) is 8.90. The van der Waals surface area contributed by atoms with E-state index in [1.54, 1.807) is 0 Å². The third-order valence-corrected chi connectivity index (χ3v) is 3.57. The van der Waals surface area contributed by atoms with Crippen molar-refractivity contribution >= 4 is 11.9 Å². The fraction of sp³-hybridized carbons (Fsp3) is 0.529. The van der Waals surface area contributed by atoms with Crippen LogP contribution in [0.3, 0.4) is 0 Å². The molecule has 0 spiro atoms. The molecule has 1 unspecified atom stereocenters. The Hall–Kier alpha value is -1.88. The van der Waals surface area contributed by atoms with Crippen LogP contribution in [-0.4, -0.2) is 48.7 Å². The van der Waals surface area contributed by atoms with Gasteiger partial charge in [0, 0.05) is 19.6 Å². The first-order valence-electron chi connectivity index (χ1n) is 7.58. The molecule has 1 aromatic rings. The van der Waals surface area contributed by atoms with E-state index in [1.807, 2.05) is 25.1 Å². The summed E-state index contributed by atoms with van der Waals surface area (Å²) in [4.78, 5) is 24.6. The van der Waals surface area contributed by atoms with E-state index in [1.165, 1.54) is 17.6 Å². The first kappa shape index (κ1) is 18.2. The number of hydrogen-bond donors (Lipinski definition) is 1. The van der Waals surface area contributed by atoms with Gasteiger partial charge in [-0.3, -0.25) is 9.59 Å². The van der Waals surface area contributed by atoms with Crippen LogP contribution in [0.2, 0.25) is 0 Å². The summed E-state index contributed by atoms with van der Waals surface area (Å²) in [6, 6.07) is 10.1. The van der Waals surface area contributed by atoms with Crippen LogP contribution in [-0.2, 0) is 20.7 Å². The molecule has 5 nitrogen and oxygen atoms in total. The van der Waals surface area contributed by atoms with Crippen LogP contribution in [0.25, 0.3) is 0 Å². The van der Waals surface area contributed by atoms with Crippen molar-refractivity contribution in [2.24, 2.45) is 5.92 Å². The van der Waals surface area contributed by atoms with E-state index in [0.717, 1.165) is 19.3 Å². The summed E-state index contributed by atoms with van der Waals surface area (Å²) in [5.74, 6) is -1.30. The van der Waals surface area contributed by atoms with Crippen LogP contribution in [0.5, 0.6) is 0 Å². The molecule has 0 bridgehead atoms. The minimum atomic E-state index is -0.999. The Morgan fingerprint density at radius 1 is 1.27 bits per heavy atom. The van der Waals surface area contributed by atoms with E-state index in [0.29, 0.717) is 13.2 Å². The van der Waals surface area contributed by atoms with Crippen LogP contribution >= 0.6 is 0 Å². The molecule has 0 aliphatic rings. The van der Waals surface area contributed by atoms with E-state index in [9.17, 15) is 9.59 Å². The first-order chi connectivity index (χ1) is 10.5. The number of aliphatic carboxylic acids is 1. The predicted octanol–water partition coefficient (Wildman–Crippen LogP) is 2.20. The van der Waals surface area contributed by atoms with Crippen molar-refractivity contribution < 1.29 is 19.4 Å². The van der Waals surface area contributed by atoms with Gasteiger partial charge in [-0.15, -0.1) is 0 Å². The third kappa shape index (κ3) is 6.72. The van der Waals surface area contributed by atoms with Crippen molar-refractivity contribution in [3.63, 3.8) is 0 Å². The molecule has 0 fully saturated rings. The Morgan fingerprint density at radius 2 is 1.95 bits per heavy atom. The van der Waals surface area contributed by atoms with Gasteiger partial charge in [0.2, 0.25) is 5.91 Å². The largest absolute Gasteiger partial charge is 0.480 e. The van der Waals surface area contributed by atoms with Crippen LogP contribution in [0.4, 0.5) is 0 Å². The average molecular weight is 307 g/mol. The maximum atomic E-state index is 12.3. The fourth-order valence-corrected chi connectivity index (χ4v) is 2.32. The second-order valence-corrected chi connectivity index (χ2v) is 5.43. The van der Waals surface area contributed by atoms with E-state index in [4.69, 9.17) is 9.84 Å². The van der Waals surface area contributed by atoms with Gasteiger partial charge in [0.05, 0.1) is 6.61 Å². The van der Waals surface area contributed by atoms with E-state index in [2.05, 4.69) is 12.1 Å². The molecule has 1 atom stereocenters. The van der Waals surface area contributed by atoms with Crippen molar-refractivity contribution in [2.75, 3.05) is 26.8 Å². The van der Waals surface area contributed by atoms with Crippen LogP contribution < -0.4 is 0 Å². The fourth-order valence-electron chi connectivity index (χ4n) is 2.32. The number of hydrogen-bond acceptors (Lipinski definition) is 3. The topological polar surface area (TPSA) is 66.8 Å². The second kappa shape index (κ2) is 9.95. The van der Waals surface area contributed by atoms with E-state index < -0.39 is 5.97 Å². The lowest BCUT2D eigenvalue weighted by Crippen LogP contribution is -2.40. The highest BCUT2D eigenvalue weighted by Gasteiger charge is 2.21. The molecule has 0 saturated heterocycles. The van der Waals surface area contributed by atoms with E-state index >= 15 is 0 Å². The third-order valence-electron chi connectivity index (χ3n) is 3.57. The number of amides is 1. The lowest BCUT2D eigenvalue weighted by Gasteiger charge is -2.24. The Bertz CT molecular complexity index is 461. The molecule has 22 heavy (non-hydrogen) atoms. The number of aryl methyl sites for hydroxylation is 1. The van der Waals surface area contributed by atoms with Gasteiger partial charge in [0.1, 0.15) is 6.54 Å². The van der Waals surface area contributed by atoms with Crippen molar-refractivity contribution in [2.45, 2.75) is 26.2 Å². The summed E-state index contributed by atoms with van der Waals surface area (Å²) in [6.45, 7) is 2.24. The molecule has 1 rings (SSSR count). The Balaban J connectivity index is 2.44. The maximum absolute atomic E-state index is 12.3. The molecule has 0 aromatic heterocycles. The van der Waals surface area contributed by atoms with Gasteiger partial charge < -0.3 is 14.7 Å². The summed E-state index contributed by atoms with van der Waals surface area (Å²) in [5.41, 5.74) is 1.25. The summed E-state index contributed by atoms with van der Waals surface area (Å²) in [6.07, 6.45) is 2.58. The first-order valence-corrected chi connectivity index (χ1v) is 7.58. The molecular weight excluding hydrogens is 282 g/mol. The molecule has 1 N–H and O–H groups in total. The monoisotopic (exact) mass is 307 g/mol. The highest BCUT2D eigenvalue weighted by atomic mass is 16.5. The standard InChI is InChI=1S/C17H25NO4/c1-14(7-6-10-15-8-4-3-5-9-15)17(21)18(11-12-22-2)13-16(19)20/h3-5,8-9,14H,6-7,10-13H2,1-2H3,(H,19,20). The smallest absolute Gasteiger partial charge is 0.323 e. The summed E-state index contributed by atoms with van der Waals surface area (Å²) in [7, 11) is 1.53. The molecule has 0 radical (unpaired) electrons.